The highest BCUT2D eigenvalue weighted by Crippen LogP contribution is 2.17. The molecule has 1 amide bonds. The fourth-order valence-electron chi connectivity index (χ4n) is 4.19. The van der Waals surface area contributed by atoms with Crippen molar-refractivity contribution in [1.29, 1.82) is 0 Å². The molecular weight excluding hydrogens is 539 g/mol. The Kier molecular flexibility index (Phi) is 9.93. The van der Waals surface area contributed by atoms with Gasteiger partial charge in [-0.05, 0) is 23.1 Å². The molecule has 7 nitrogen and oxygen atoms in total. The number of nitrogens with one attached hydrogen (secondary N) is 2. The summed E-state index contributed by atoms with van der Waals surface area (Å²) in [5, 5.41) is 6.78. The van der Waals surface area contributed by atoms with Gasteiger partial charge in [0.15, 0.2) is 5.96 Å². The Balaban J connectivity index is 0.00000324. The second-order valence-electron chi connectivity index (χ2n) is 8.51. The van der Waals surface area contributed by atoms with Crippen LogP contribution in [0.25, 0.3) is 0 Å². The van der Waals surface area contributed by atoms with Crippen LogP contribution in [0.2, 0.25) is 0 Å². The van der Waals surface area contributed by atoms with Gasteiger partial charge in [-0.2, -0.15) is 0 Å². The van der Waals surface area contributed by atoms with Gasteiger partial charge in [0.1, 0.15) is 0 Å². The molecule has 2 aromatic carbocycles. The van der Waals surface area contributed by atoms with Gasteiger partial charge in [-0.15, -0.1) is 24.0 Å². The van der Waals surface area contributed by atoms with Crippen LogP contribution in [-0.4, -0.2) is 53.0 Å². The average molecular weight is 572 g/mol. The van der Waals surface area contributed by atoms with E-state index in [1.165, 1.54) is 16.7 Å². The molecule has 1 aliphatic heterocycles. The number of rotatable bonds is 9. The molecule has 1 unspecified atom stereocenters. The van der Waals surface area contributed by atoms with E-state index in [1.54, 1.807) is 13.2 Å². The highest BCUT2D eigenvalue weighted by Gasteiger charge is 2.29. The number of halogens is 1. The van der Waals surface area contributed by atoms with Gasteiger partial charge in [0, 0.05) is 64.5 Å². The zero-order valence-corrected chi connectivity index (χ0v) is 21.9. The standard InChI is InChI=1S/C26H32N6O.HI/c1-27-26(29-16-22-8-5-9-23(14-22)18-31-13-11-28-20-31)30-17-24-15-25(33)32(19-24)12-10-21-6-3-2-4-7-21;/h2-9,11,13-14,20,24H,10,12,15-19H2,1H3,(H2,27,29,30);1H. The zero-order chi connectivity index (χ0) is 22.9. The topological polar surface area (TPSA) is 74.5 Å². The van der Waals surface area contributed by atoms with Crippen molar-refractivity contribution >= 4 is 35.8 Å². The lowest BCUT2D eigenvalue weighted by molar-refractivity contribution is -0.127. The molecule has 1 aromatic heterocycles. The third-order valence-electron chi connectivity index (χ3n) is 5.97. The van der Waals surface area contributed by atoms with E-state index in [1.807, 2.05) is 35.6 Å². The highest BCUT2D eigenvalue weighted by atomic mass is 127. The third-order valence-corrected chi connectivity index (χ3v) is 5.97. The first-order chi connectivity index (χ1) is 16.2. The number of hydrogen-bond acceptors (Lipinski definition) is 3. The fourth-order valence-corrected chi connectivity index (χ4v) is 4.19. The van der Waals surface area contributed by atoms with Gasteiger partial charge in [0.05, 0.1) is 6.33 Å². The highest BCUT2D eigenvalue weighted by molar-refractivity contribution is 14.0. The zero-order valence-electron chi connectivity index (χ0n) is 19.6. The molecule has 0 bridgehead atoms. The van der Waals surface area contributed by atoms with Crippen LogP contribution in [0.3, 0.4) is 0 Å². The minimum Gasteiger partial charge on any atom is -0.356 e. The van der Waals surface area contributed by atoms with Crippen molar-refractivity contribution in [2.45, 2.75) is 25.9 Å². The van der Waals surface area contributed by atoms with E-state index < -0.39 is 0 Å². The summed E-state index contributed by atoms with van der Waals surface area (Å²) in [5.41, 5.74) is 3.69. The molecular formula is C26H33IN6O. The number of aliphatic imine (C=N–C) groups is 1. The van der Waals surface area contributed by atoms with E-state index in [9.17, 15) is 4.79 Å². The number of carbonyl (C=O) groups excluding carboxylic acids is 1. The summed E-state index contributed by atoms with van der Waals surface area (Å²) < 4.78 is 2.05. The van der Waals surface area contributed by atoms with E-state index in [0.717, 1.165) is 38.6 Å². The minimum absolute atomic E-state index is 0. The summed E-state index contributed by atoms with van der Waals surface area (Å²) >= 11 is 0. The van der Waals surface area contributed by atoms with Crippen molar-refractivity contribution in [3.05, 3.63) is 90.0 Å². The average Bonchev–Trinajstić information content (AvgIpc) is 3.48. The van der Waals surface area contributed by atoms with Crippen LogP contribution in [0.4, 0.5) is 0 Å². The summed E-state index contributed by atoms with van der Waals surface area (Å²) in [7, 11) is 1.77. The second-order valence-corrected chi connectivity index (χ2v) is 8.51. The number of nitrogens with zero attached hydrogens (tertiary/aromatic N) is 4. The van der Waals surface area contributed by atoms with Crippen LogP contribution in [0.5, 0.6) is 0 Å². The molecule has 0 aliphatic carbocycles. The Morgan fingerprint density at radius 3 is 2.65 bits per heavy atom. The summed E-state index contributed by atoms with van der Waals surface area (Å²) in [6.45, 7) is 3.79. The predicted molar refractivity (Wildman–Crippen MR) is 146 cm³/mol. The summed E-state index contributed by atoms with van der Waals surface area (Å²) in [5.74, 6) is 1.30. The quantitative estimate of drug-likeness (QED) is 0.235. The van der Waals surface area contributed by atoms with E-state index in [4.69, 9.17) is 0 Å². The Bertz CT molecular complexity index is 1050. The molecule has 0 radical (unpaired) electrons. The smallest absolute Gasteiger partial charge is 0.223 e. The Hall–Kier alpha value is -2.88. The van der Waals surface area contributed by atoms with Gasteiger partial charge in [-0.3, -0.25) is 9.79 Å². The number of benzene rings is 2. The second kappa shape index (κ2) is 13.1. The molecule has 34 heavy (non-hydrogen) atoms. The summed E-state index contributed by atoms with van der Waals surface area (Å²) in [6.07, 6.45) is 7.08. The SMILES string of the molecule is CN=C(NCc1cccc(Cn2ccnc2)c1)NCC1CC(=O)N(CCc2ccccc2)C1.I. The number of guanidine groups is 1. The van der Waals surface area contributed by atoms with E-state index >= 15 is 0 Å². The fraction of sp³-hybridized carbons (Fsp3) is 0.346. The minimum atomic E-state index is 0. The maximum absolute atomic E-state index is 12.4. The Morgan fingerprint density at radius 2 is 1.88 bits per heavy atom. The molecule has 0 saturated carbocycles. The molecule has 180 valence electrons. The van der Waals surface area contributed by atoms with Gasteiger partial charge in [-0.25, -0.2) is 4.98 Å². The lowest BCUT2D eigenvalue weighted by Crippen LogP contribution is -2.40. The summed E-state index contributed by atoms with van der Waals surface area (Å²) in [6, 6.07) is 18.8. The molecule has 8 heteroatoms. The van der Waals surface area contributed by atoms with E-state index in [0.29, 0.717) is 18.9 Å². The van der Waals surface area contributed by atoms with Crippen LogP contribution in [0.1, 0.15) is 23.1 Å². The molecule has 4 rings (SSSR count). The first kappa shape index (κ1) is 25.7. The monoisotopic (exact) mass is 572 g/mol. The molecule has 1 atom stereocenters. The molecule has 1 fully saturated rings. The van der Waals surface area contributed by atoms with Crippen molar-refractivity contribution in [3.8, 4) is 0 Å². The van der Waals surface area contributed by atoms with Gasteiger partial charge < -0.3 is 20.1 Å². The number of imidazole rings is 1. The van der Waals surface area contributed by atoms with Crippen LogP contribution < -0.4 is 10.6 Å². The number of aromatic nitrogens is 2. The normalized spacial score (nSPS) is 15.8. The van der Waals surface area contributed by atoms with Crippen LogP contribution in [0, 0.1) is 5.92 Å². The number of hydrogen-bond donors (Lipinski definition) is 2. The number of carbonyl (C=O) groups is 1. The summed E-state index contributed by atoms with van der Waals surface area (Å²) in [4.78, 5) is 22.9. The van der Waals surface area contributed by atoms with Crippen molar-refractivity contribution < 1.29 is 4.79 Å². The molecule has 0 spiro atoms. The van der Waals surface area contributed by atoms with Crippen molar-refractivity contribution in [3.63, 3.8) is 0 Å². The number of likely N-dealkylation sites (tertiary alicyclic amines) is 1. The lowest BCUT2D eigenvalue weighted by Gasteiger charge is -2.18. The lowest BCUT2D eigenvalue weighted by atomic mass is 10.1. The Morgan fingerprint density at radius 1 is 1.09 bits per heavy atom. The van der Waals surface area contributed by atoms with Crippen LogP contribution in [-0.2, 0) is 24.3 Å². The van der Waals surface area contributed by atoms with Crippen molar-refractivity contribution in [1.82, 2.24) is 25.1 Å². The van der Waals surface area contributed by atoms with Crippen LogP contribution in [0.15, 0.2) is 78.3 Å². The first-order valence-electron chi connectivity index (χ1n) is 11.5. The molecule has 1 aliphatic rings. The first-order valence-corrected chi connectivity index (χ1v) is 11.5. The largest absolute Gasteiger partial charge is 0.356 e. The van der Waals surface area contributed by atoms with Crippen molar-refractivity contribution in [2.75, 3.05) is 26.7 Å². The predicted octanol–water partition coefficient (Wildman–Crippen LogP) is 3.31. The van der Waals surface area contributed by atoms with Gasteiger partial charge >= 0.3 is 0 Å². The van der Waals surface area contributed by atoms with Gasteiger partial charge in [-0.1, -0.05) is 54.6 Å². The maximum atomic E-state index is 12.4. The maximum Gasteiger partial charge on any atom is 0.223 e. The molecule has 1 saturated heterocycles. The number of amides is 1. The van der Waals surface area contributed by atoms with E-state index in [-0.39, 0.29) is 29.9 Å². The third kappa shape index (κ3) is 7.58. The van der Waals surface area contributed by atoms with Gasteiger partial charge in [0.25, 0.3) is 0 Å². The molecule has 2 heterocycles. The molecule has 2 N–H and O–H groups in total. The molecule has 3 aromatic rings. The van der Waals surface area contributed by atoms with Crippen molar-refractivity contribution in [2.24, 2.45) is 10.9 Å². The van der Waals surface area contributed by atoms with Gasteiger partial charge in [0.2, 0.25) is 5.91 Å². The van der Waals surface area contributed by atoms with E-state index in [2.05, 4.69) is 61.6 Å². The Labute approximate surface area is 218 Å². The van der Waals surface area contributed by atoms with Crippen LogP contribution >= 0.6 is 24.0 Å².